The van der Waals surface area contributed by atoms with Gasteiger partial charge in [-0.15, -0.1) is 0 Å². The van der Waals surface area contributed by atoms with Crippen LogP contribution in [0.4, 0.5) is 0 Å². The first-order valence-corrected chi connectivity index (χ1v) is 6.46. The fourth-order valence-electron chi connectivity index (χ4n) is 1.86. The van der Waals surface area contributed by atoms with E-state index in [-0.39, 0.29) is 28.8 Å². The van der Waals surface area contributed by atoms with Crippen molar-refractivity contribution in [1.82, 2.24) is 4.90 Å². The topological polar surface area (TPSA) is 75.8 Å². The Morgan fingerprint density at radius 2 is 2.32 bits per heavy atom. The molecule has 1 aromatic carbocycles. The van der Waals surface area contributed by atoms with Gasteiger partial charge in [0, 0.05) is 11.6 Å². The Morgan fingerprint density at radius 1 is 1.58 bits per heavy atom. The molecule has 0 bridgehead atoms. The van der Waals surface area contributed by atoms with Crippen molar-refractivity contribution in [2.24, 2.45) is 5.73 Å². The predicted octanol–water partition coefficient (Wildman–Crippen LogP) is 1.17. The van der Waals surface area contributed by atoms with Crippen LogP contribution in [0.15, 0.2) is 18.2 Å². The molecule has 1 unspecified atom stereocenters. The van der Waals surface area contributed by atoms with E-state index in [1.807, 2.05) is 0 Å². The summed E-state index contributed by atoms with van der Waals surface area (Å²) in [5.74, 6) is -0.436. The normalized spacial score (nSPS) is 19.2. The molecule has 1 amide bonds. The Morgan fingerprint density at radius 3 is 2.95 bits per heavy atom. The van der Waals surface area contributed by atoms with Gasteiger partial charge in [-0.1, -0.05) is 23.8 Å². The monoisotopic (exact) mass is 300 g/mol. The average molecular weight is 301 g/mol. The third-order valence-corrected chi connectivity index (χ3v) is 3.36. The lowest BCUT2D eigenvalue weighted by molar-refractivity contribution is 0.00865. The van der Waals surface area contributed by atoms with E-state index >= 15 is 0 Å². The van der Waals surface area contributed by atoms with Crippen molar-refractivity contribution in [3.05, 3.63) is 28.8 Å². The molecule has 5 nitrogen and oxygen atoms in total. The zero-order chi connectivity index (χ0) is 14.0. The van der Waals surface area contributed by atoms with Gasteiger partial charge in [0.1, 0.15) is 16.8 Å². The molecule has 19 heavy (non-hydrogen) atoms. The molecule has 0 aromatic heterocycles. The highest BCUT2D eigenvalue weighted by atomic mass is 35.5. The summed E-state index contributed by atoms with van der Waals surface area (Å²) in [4.78, 5) is 14.1. The number of benzene rings is 1. The summed E-state index contributed by atoms with van der Waals surface area (Å²) in [6.07, 6.45) is -0.442. The summed E-state index contributed by atoms with van der Waals surface area (Å²) in [6, 6.07) is 4.38. The maximum atomic E-state index is 12.3. The number of phenols is 1. The average Bonchev–Trinajstić information content (AvgIpc) is 2.38. The molecule has 0 saturated carbocycles. The van der Waals surface area contributed by atoms with Crippen LogP contribution in [0, 0.1) is 0 Å². The Bertz CT molecular complexity index is 524. The molecule has 1 aliphatic heterocycles. The predicted molar refractivity (Wildman–Crippen MR) is 75.5 cm³/mol. The first-order valence-electron chi connectivity index (χ1n) is 5.67. The highest BCUT2D eigenvalue weighted by Crippen LogP contribution is 2.24. The number of phenolic OH excluding ortho intramolecular Hbond substituents is 1. The number of nitrogens with two attached hydrogens (primary N) is 1. The largest absolute Gasteiger partial charge is 0.507 e. The molecule has 0 radical (unpaired) electrons. The number of halogens is 1. The van der Waals surface area contributed by atoms with E-state index in [9.17, 15) is 9.90 Å². The van der Waals surface area contributed by atoms with Crippen molar-refractivity contribution in [1.29, 1.82) is 0 Å². The number of nitrogens with zero attached hydrogens (tertiary/aromatic N) is 1. The minimum Gasteiger partial charge on any atom is -0.507 e. The summed E-state index contributed by atoms with van der Waals surface area (Å²) >= 11 is 10.6. The van der Waals surface area contributed by atoms with Crippen LogP contribution in [0.5, 0.6) is 5.75 Å². The van der Waals surface area contributed by atoms with E-state index in [0.717, 1.165) is 0 Å². The zero-order valence-corrected chi connectivity index (χ0v) is 11.6. The Hall–Kier alpha value is -1.37. The first kappa shape index (κ1) is 14.0. The fourth-order valence-corrected chi connectivity index (χ4v) is 2.17. The van der Waals surface area contributed by atoms with E-state index in [1.165, 1.54) is 12.1 Å². The molecule has 7 heteroatoms. The molecule has 1 heterocycles. The number of morpholine rings is 1. The molecule has 102 valence electrons. The van der Waals surface area contributed by atoms with Gasteiger partial charge >= 0.3 is 0 Å². The molecule has 3 N–H and O–H groups in total. The lowest BCUT2D eigenvalue weighted by Crippen LogP contribution is -2.49. The molecular weight excluding hydrogens is 288 g/mol. The van der Waals surface area contributed by atoms with Crippen LogP contribution < -0.4 is 5.73 Å². The summed E-state index contributed by atoms with van der Waals surface area (Å²) in [5, 5.41) is 10.1. The van der Waals surface area contributed by atoms with Crippen LogP contribution in [-0.4, -0.2) is 46.7 Å². The maximum absolute atomic E-state index is 12.3. The summed E-state index contributed by atoms with van der Waals surface area (Å²) in [6.45, 7) is 1.08. The quantitative estimate of drug-likeness (QED) is 0.802. The highest BCUT2D eigenvalue weighted by Gasteiger charge is 2.27. The van der Waals surface area contributed by atoms with Crippen molar-refractivity contribution in [2.45, 2.75) is 6.10 Å². The Balaban J connectivity index is 2.17. The van der Waals surface area contributed by atoms with Gasteiger partial charge in [0.15, 0.2) is 0 Å². The molecule has 0 spiro atoms. The van der Waals surface area contributed by atoms with Gasteiger partial charge in [-0.3, -0.25) is 4.79 Å². The second kappa shape index (κ2) is 5.73. The number of carbonyl (C=O) groups is 1. The van der Waals surface area contributed by atoms with E-state index in [0.29, 0.717) is 18.2 Å². The van der Waals surface area contributed by atoms with Crippen LogP contribution >= 0.6 is 23.8 Å². The molecule has 0 aliphatic carbocycles. The Labute approximate surface area is 120 Å². The highest BCUT2D eigenvalue weighted by molar-refractivity contribution is 7.80. The van der Waals surface area contributed by atoms with Crippen LogP contribution in [0.2, 0.25) is 5.02 Å². The third-order valence-electron chi connectivity index (χ3n) is 2.86. The van der Waals surface area contributed by atoms with Gasteiger partial charge < -0.3 is 20.5 Å². The van der Waals surface area contributed by atoms with Gasteiger partial charge in [0.25, 0.3) is 5.91 Å². The molecule has 1 aliphatic rings. The summed E-state index contributed by atoms with van der Waals surface area (Å²) in [5.41, 5.74) is 5.72. The molecule has 1 atom stereocenters. The van der Waals surface area contributed by atoms with E-state index in [1.54, 1.807) is 11.0 Å². The minimum atomic E-state index is -0.442. The first-order chi connectivity index (χ1) is 8.99. The van der Waals surface area contributed by atoms with Gasteiger partial charge in [0.05, 0.1) is 18.7 Å². The van der Waals surface area contributed by atoms with Crippen molar-refractivity contribution >= 4 is 34.7 Å². The van der Waals surface area contributed by atoms with E-state index < -0.39 is 6.10 Å². The lowest BCUT2D eigenvalue weighted by atomic mass is 10.1. The second-order valence-electron chi connectivity index (χ2n) is 4.17. The number of aromatic hydroxyl groups is 1. The van der Waals surface area contributed by atoms with Crippen LogP contribution in [-0.2, 0) is 4.74 Å². The van der Waals surface area contributed by atoms with Crippen LogP contribution in [0.1, 0.15) is 10.4 Å². The maximum Gasteiger partial charge on any atom is 0.257 e. The lowest BCUT2D eigenvalue weighted by Gasteiger charge is -2.32. The Kier molecular flexibility index (Phi) is 4.24. The van der Waals surface area contributed by atoms with E-state index in [4.69, 9.17) is 34.3 Å². The number of rotatable bonds is 2. The molecule has 1 saturated heterocycles. The molecular formula is C12H13ClN2O3S. The van der Waals surface area contributed by atoms with Crippen molar-refractivity contribution in [2.75, 3.05) is 19.7 Å². The SMILES string of the molecule is NC(=S)C1CN(C(=O)c2ccc(Cl)cc2O)CCO1. The third kappa shape index (κ3) is 3.15. The second-order valence-corrected chi connectivity index (χ2v) is 5.08. The molecule has 1 aromatic rings. The fraction of sp³-hybridized carbons (Fsp3) is 0.333. The van der Waals surface area contributed by atoms with Gasteiger partial charge in [-0.05, 0) is 18.2 Å². The summed E-state index contributed by atoms with van der Waals surface area (Å²) in [7, 11) is 0. The number of hydrogen-bond donors (Lipinski definition) is 2. The number of thiocarbonyl (C=S) groups is 1. The van der Waals surface area contributed by atoms with Gasteiger partial charge in [-0.2, -0.15) is 0 Å². The van der Waals surface area contributed by atoms with Gasteiger partial charge in [-0.25, -0.2) is 0 Å². The van der Waals surface area contributed by atoms with E-state index in [2.05, 4.69) is 0 Å². The number of carbonyl (C=O) groups excluding carboxylic acids is 1. The molecule has 2 rings (SSSR count). The van der Waals surface area contributed by atoms with Crippen molar-refractivity contribution in [3.63, 3.8) is 0 Å². The smallest absolute Gasteiger partial charge is 0.257 e. The van der Waals surface area contributed by atoms with Crippen LogP contribution in [0.25, 0.3) is 0 Å². The van der Waals surface area contributed by atoms with Gasteiger partial charge in [0.2, 0.25) is 0 Å². The minimum absolute atomic E-state index is 0.143. The van der Waals surface area contributed by atoms with Crippen molar-refractivity contribution < 1.29 is 14.6 Å². The summed E-state index contributed by atoms with van der Waals surface area (Å²) < 4.78 is 5.36. The molecule has 1 fully saturated rings. The number of hydrogen-bond acceptors (Lipinski definition) is 4. The van der Waals surface area contributed by atoms with Crippen LogP contribution in [0.3, 0.4) is 0 Å². The standard InChI is InChI=1S/C12H13ClN2O3S/c13-7-1-2-8(9(16)5-7)12(17)15-3-4-18-10(6-15)11(14)19/h1-2,5,10,16H,3-4,6H2,(H2,14,19). The number of amides is 1. The number of ether oxygens (including phenoxy) is 1. The zero-order valence-electron chi connectivity index (χ0n) is 10.0. The van der Waals surface area contributed by atoms with Crippen molar-refractivity contribution in [3.8, 4) is 5.75 Å².